The molecule has 0 spiro atoms. The molecular weight excluding hydrogens is 441 g/mol. The molecule has 0 aliphatic carbocycles. The van der Waals surface area contributed by atoms with Crippen LogP contribution in [0.3, 0.4) is 0 Å². The largest absolute Gasteiger partial charge is 0.387 e. The molecule has 0 heterocycles. The molecule has 0 bridgehead atoms. The van der Waals surface area contributed by atoms with Crippen LogP contribution in [0.2, 0.25) is 10.0 Å². The van der Waals surface area contributed by atoms with Crippen LogP contribution in [0.5, 0.6) is 0 Å². The summed E-state index contributed by atoms with van der Waals surface area (Å²) in [5.41, 5.74) is 2.63. The van der Waals surface area contributed by atoms with E-state index in [-0.39, 0.29) is 0 Å². The first-order valence-corrected chi connectivity index (χ1v) is 8.55. The van der Waals surface area contributed by atoms with Gasteiger partial charge in [0.2, 0.25) is 0 Å². The first-order valence-electron chi connectivity index (χ1n) is 6.21. The molecule has 0 radical (unpaired) electrons. The fourth-order valence-electron chi connectivity index (χ4n) is 1.95. The number of hydrogen-bond acceptors (Lipinski definition) is 2. The molecule has 0 aliphatic rings. The summed E-state index contributed by atoms with van der Waals surface area (Å²) in [5.74, 6) is 0. The third-order valence-electron chi connectivity index (χ3n) is 2.98. The minimum Gasteiger partial charge on any atom is -0.387 e. The summed E-state index contributed by atoms with van der Waals surface area (Å²) in [6, 6.07) is 9.06. The van der Waals surface area contributed by atoms with Gasteiger partial charge >= 0.3 is 0 Å². The van der Waals surface area contributed by atoms with Crippen molar-refractivity contribution in [3.05, 3.63) is 60.4 Å². The maximum absolute atomic E-state index is 10.3. The number of aliphatic hydroxyl groups excluding tert-OH is 1. The second kappa shape index (κ2) is 7.34. The molecule has 0 aliphatic heterocycles. The van der Waals surface area contributed by atoms with Gasteiger partial charge in [0.05, 0.1) is 11.8 Å². The quantitative estimate of drug-likeness (QED) is 0.597. The monoisotopic (exact) mass is 451 g/mol. The Morgan fingerprint density at radius 2 is 1.76 bits per heavy atom. The molecule has 6 heteroatoms. The van der Waals surface area contributed by atoms with Gasteiger partial charge in [0, 0.05) is 31.1 Å². The van der Waals surface area contributed by atoms with E-state index >= 15 is 0 Å². The number of aliphatic hydroxyl groups is 1. The SMILES string of the molecule is Cc1cc(Br)c(NCC(O)c2cc(Cl)ccc2Cl)c(Br)c1. The first-order chi connectivity index (χ1) is 9.88. The van der Waals surface area contributed by atoms with E-state index in [1.807, 2.05) is 19.1 Å². The summed E-state index contributed by atoms with van der Waals surface area (Å²) in [6.07, 6.45) is -0.753. The van der Waals surface area contributed by atoms with Gasteiger partial charge in [-0.15, -0.1) is 0 Å². The lowest BCUT2D eigenvalue weighted by Gasteiger charge is -2.17. The van der Waals surface area contributed by atoms with Crippen molar-refractivity contribution in [3.63, 3.8) is 0 Å². The molecule has 0 saturated heterocycles. The van der Waals surface area contributed by atoms with Crippen LogP contribution < -0.4 is 5.32 Å². The molecule has 0 saturated carbocycles. The Morgan fingerprint density at radius 1 is 1.14 bits per heavy atom. The van der Waals surface area contributed by atoms with Gasteiger partial charge in [-0.25, -0.2) is 0 Å². The Kier molecular flexibility index (Phi) is 5.97. The van der Waals surface area contributed by atoms with Gasteiger partial charge in [-0.2, -0.15) is 0 Å². The van der Waals surface area contributed by atoms with Crippen LogP contribution in [0.4, 0.5) is 5.69 Å². The van der Waals surface area contributed by atoms with Crippen molar-refractivity contribution in [1.82, 2.24) is 0 Å². The van der Waals surface area contributed by atoms with Gasteiger partial charge in [-0.1, -0.05) is 23.2 Å². The molecule has 2 rings (SSSR count). The van der Waals surface area contributed by atoms with Gasteiger partial charge < -0.3 is 10.4 Å². The Hall–Kier alpha value is -0.260. The number of nitrogens with one attached hydrogen (secondary N) is 1. The van der Waals surface area contributed by atoms with Crippen LogP contribution in [0.25, 0.3) is 0 Å². The molecule has 0 aromatic heterocycles. The van der Waals surface area contributed by atoms with Gasteiger partial charge in [-0.05, 0) is 74.7 Å². The number of anilines is 1. The number of aryl methyl sites for hydroxylation is 1. The summed E-state index contributed by atoms with van der Waals surface area (Å²) in [4.78, 5) is 0. The average molecular weight is 454 g/mol. The molecule has 1 atom stereocenters. The highest BCUT2D eigenvalue weighted by Crippen LogP contribution is 2.33. The van der Waals surface area contributed by atoms with Gasteiger partial charge in [0.15, 0.2) is 0 Å². The summed E-state index contributed by atoms with van der Waals surface area (Å²) >= 11 is 19.1. The van der Waals surface area contributed by atoms with E-state index < -0.39 is 6.10 Å². The molecule has 2 aromatic carbocycles. The predicted molar refractivity (Wildman–Crippen MR) is 96.5 cm³/mol. The van der Waals surface area contributed by atoms with Crippen LogP contribution in [0.1, 0.15) is 17.2 Å². The van der Waals surface area contributed by atoms with Crippen molar-refractivity contribution in [2.45, 2.75) is 13.0 Å². The number of hydrogen-bond donors (Lipinski definition) is 2. The van der Waals surface area contributed by atoms with E-state index in [0.717, 1.165) is 20.2 Å². The molecule has 2 aromatic rings. The first kappa shape index (κ1) is 17.1. The standard InChI is InChI=1S/C15H13Br2Cl2NO/c1-8-4-11(16)15(12(17)5-8)20-7-14(21)10-6-9(18)2-3-13(10)19/h2-6,14,20-21H,7H2,1H3. The van der Waals surface area contributed by atoms with Crippen molar-refractivity contribution in [3.8, 4) is 0 Å². The molecule has 0 amide bonds. The fraction of sp³-hybridized carbons (Fsp3) is 0.200. The van der Waals surface area contributed by atoms with Crippen LogP contribution in [-0.4, -0.2) is 11.7 Å². The zero-order valence-electron chi connectivity index (χ0n) is 11.1. The number of halogens is 4. The Labute approximate surface area is 150 Å². The lowest BCUT2D eigenvalue weighted by Crippen LogP contribution is -2.13. The second-order valence-corrected chi connectivity index (χ2v) is 7.22. The highest BCUT2D eigenvalue weighted by molar-refractivity contribution is 9.11. The van der Waals surface area contributed by atoms with E-state index in [1.54, 1.807) is 18.2 Å². The Bertz CT molecular complexity index is 641. The van der Waals surface area contributed by atoms with Crippen molar-refractivity contribution in [2.75, 3.05) is 11.9 Å². The zero-order chi connectivity index (χ0) is 15.6. The smallest absolute Gasteiger partial charge is 0.0977 e. The van der Waals surface area contributed by atoms with E-state index in [1.165, 1.54) is 0 Å². The predicted octanol–water partition coefficient (Wildman–Crippen LogP) is 5.97. The highest BCUT2D eigenvalue weighted by Gasteiger charge is 2.14. The van der Waals surface area contributed by atoms with Gasteiger partial charge in [0.25, 0.3) is 0 Å². The minimum absolute atomic E-state index is 0.320. The summed E-state index contributed by atoms with van der Waals surface area (Å²) in [5, 5.41) is 14.5. The summed E-state index contributed by atoms with van der Waals surface area (Å²) < 4.78 is 1.86. The molecule has 1 unspecified atom stereocenters. The van der Waals surface area contributed by atoms with E-state index in [9.17, 15) is 5.11 Å². The Balaban J connectivity index is 2.15. The highest BCUT2D eigenvalue weighted by atomic mass is 79.9. The van der Waals surface area contributed by atoms with Crippen LogP contribution in [0.15, 0.2) is 39.3 Å². The molecule has 0 fully saturated rings. The number of rotatable bonds is 4. The van der Waals surface area contributed by atoms with Gasteiger partial charge in [-0.3, -0.25) is 0 Å². The minimum atomic E-state index is -0.753. The van der Waals surface area contributed by atoms with Crippen molar-refractivity contribution in [2.24, 2.45) is 0 Å². The van der Waals surface area contributed by atoms with Crippen molar-refractivity contribution in [1.29, 1.82) is 0 Å². The fourth-order valence-corrected chi connectivity index (χ4v) is 4.07. The lowest BCUT2D eigenvalue weighted by atomic mass is 10.1. The summed E-state index contributed by atoms with van der Waals surface area (Å²) in [6.45, 7) is 2.33. The van der Waals surface area contributed by atoms with Crippen molar-refractivity contribution >= 4 is 60.7 Å². The topological polar surface area (TPSA) is 32.3 Å². The van der Waals surface area contributed by atoms with Crippen LogP contribution >= 0.6 is 55.1 Å². The molecule has 2 N–H and O–H groups in total. The zero-order valence-corrected chi connectivity index (χ0v) is 15.8. The Morgan fingerprint density at radius 3 is 2.38 bits per heavy atom. The maximum atomic E-state index is 10.3. The molecule has 112 valence electrons. The third-order valence-corrected chi connectivity index (χ3v) is 4.81. The number of benzene rings is 2. The second-order valence-electron chi connectivity index (χ2n) is 4.67. The normalized spacial score (nSPS) is 12.3. The van der Waals surface area contributed by atoms with Gasteiger partial charge in [0.1, 0.15) is 0 Å². The van der Waals surface area contributed by atoms with E-state index in [0.29, 0.717) is 22.2 Å². The average Bonchev–Trinajstić information content (AvgIpc) is 2.40. The van der Waals surface area contributed by atoms with Crippen molar-refractivity contribution < 1.29 is 5.11 Å². The van der Waals surface area contributed by atoms with E-state index in [4.69, 9.17) is 23.2 Å². The molecular formula is C15H13Br2Cl2NO. The maximum Gasteiger partial charge on any atom is 0.0977 e. The summed E-state index contributed by atoms with van der Waals surface area (Å²) in [7, 11) is 0. The van der Waals surface area contributed by atoms with E-state index in [2.05, 4.69) is 37.2 Å². The molecule has 21 heavy (non-hydrogen) atoms. The molecule has 2 nitrogen and oxygen atoms in total. The van der Waals surface area contributed by atoms with Crippen LogP contribution in [0, 0.1) is 6.92 Å². The lowest BCUT2D eigenvalue weighted by molar-refractivity contribution is 0.191. The van der Waals surface area contributed by atoms with Crippen LogP contribution in [-0.2, 0) is 0 Å². The third kappa shape index (κ3) is 4.36.